The highest BCUT2D eigenvalue weighted by molar-refractivity contribution is 5.53. The third kappa shape index (κ3) is 2.95. The standard InChI is InChI=1S/C14H14F3N3O/c15-14(16,17)11-4-3-9(7-18)13(20-11)19-10-5-6-21-12(10)8-1-2-8/h3-4,8,10,12H,1-2,5-6H2,(H,19,20)/t10-,12+/m0/s1. The van der Waals surface area contributed by atoms with Crippen molar-refractivity contribution in [2.75, 3.05) is 11.9 Å². The second-order valence-electron chi connectivity index (χ2n) is 5.41. The molecule has 3 rings (SSSR count). The Morgan fingerprint density at radius 1 is 1.29 bits per heavy atom. The minimum absolute atomic E-state index is 0.00604. The summed E-state index contributed by atoms with van der Waals surface area (Å²) in [6.07, 6.45) is -1.63. The van der Waals surface area contributed by atoms with Crippen LogP contribution in [0.15, 0.2) is 12.1 Å². The summed E-state index contributed by atoms with van der Waals surface area (Å²) in [5.74, 6) is 0.467. The van der Waals surface area contributed by atoms with Crippen molar-refractivity contribution in [3.05, 3.63) is 23.4 Å². The Labute approximate surface area is 119 Å². The molecule has 1 aliphatic heterocycles. The molecule has 2 fully saturated rings. The summed E-state index contributed by atoms with van der Waals surface area (Å²) < 4.78 is 43.8. The van der Waals surface area contributed by atoms with Gasteiger partial charge in [-0.2, -0.15) is 18.4 Å². The van der Waals surface area contributed by atoms with Gasteiger partial charge in [-0.25, -0.2) is 4.98 Å². The molecule has 0 aromatic carbocycles. The van der Waals surface area contributed by atoms with Crippen molar-refractivity contribution < 1.29 is 17.9 Å². The van der Waals surface area contributed by atoms with Crippen LogP contribution in [0.3, 0.4) is 0 Å². The Kier molecular flexibility index (Phi) is 3.49. The van der Waals surface area contributed by atoms with Crippen LogP contribution in [0.4, 0.5) is 19.0 Å². The summed E-state index contributed by atoms with van der Waals surface area (Å²) >= 11 is 0. The molecule has 1 aromatic rings. The number of nitrogens with one attached hydrogen (secondary N) is 1. The highest BCUT2D eigenvalue weighted by Crippen LogP contribution is 2.40. The van der Waals surface area contributed by atoms with E-state index in [4.69, 9.17) is 10.00 Å². The van der Waals surface area contributed by atoms with E-state index in [0.29, 0.717) is 18.9 Å². The molecule has 4 nitrogen and oxygen atoms in total. The van der Waals surface area contributed by atoms with Gasteiger partial charge in [-0.1, -0.05) is 0 Å². The number of aromatic nitrogens is 1. The van der Waals surface area contributed by atoms with Gasteiger partial charge in [0.25, 0.3) is 0 Å². The smallest absolute Gasteiger partial charge is 0.376 e. The van der Waals surface area contributed by atoms with Crippen molar-refractivity contribution in [2.24, 2.45) is 5.92 Å². The maximum atomic E-state index is 12.7. The lowest BCUT2D eigenvalue weighted by molar-refractivity contribution is -0.141. The van der Waals surface area contributed by atoms with Gasteiger partial charge in [0, 0.05) is 6.61 Å². The zero-order valence-electron chi connectivity index (χ0n) is 11.2. The van der Waals surface area contributed by atoms with Crippen LogP contribution in [0.1, 0.15) is 30.5 Å². The Balaban J connectivity index is 1.84. The summed E-state index contributed by atoms with van der Waals surface area (Å²) in [6, 6.07) is 3.77. The molecule has 0 unspecified atom stereocenters. The van der Waals surface area contributed by atoms with Crippen molar-refractivity contribution in [2.45, 2.75) is 37.6 Å². The molecule has 2 aliphatic rings. The average molecular weight is 297 g/mol. The maximum absolute atomic E-state index is 12.7. The zero-order valence-corrected chi connectivity index (χ0v) is 11.2. The average Bonchev–Trinajstić information content (AvgIpc) is 3.18. The van der Waals surface area contributed by atoms with Crippen LogP contribution >= 0.6 is 0 Å². The quantitative estimate of drug-likeness (QED) is 0.932. The first-order valence-electron chi connectivity index (χ1n) is 6.85. The third-order valence-corrected chi connectivity index (χ3v) is 3.85. The van der Waals surface area contributed by atoms with E-state index in [1.165, 1.54) is 0 Å². The molecule has 7 heteroatoms. The highest BCUT2D eigenvalue weighted by atomic mass is 19.4. The van der Waals surface area contributed by atoms with Crippen LogP contribution < -0.4 is 5.32 Å². The Morgan fingerprint density at radius 3 is 2.67 bits per heavy atom. The van der Waals surface area contributed by atoms with Crippen molar-refractivity contribution in [3.8, 4) is 6.07 Å². The first-order valence-corrected chi connectivity index (χ1v) is 6.85. The highest BCUT2D eigenvalue weighted by Gasteiger charge is 2.41. The summed E-state index contributed by atoms with van der Waals surface area (Å²) in [7, 11) is 0. The SMILES string of the molecule is N#Cc1ccc(C(F)(F)F)nc1N[C@H]1CCO[C@@H]1C1CC1. The molecule has 1 aromatic heterocycles. The van der Waals surface area contributed by atoms with Gasteiger partial charge in [0.1, 0.15) is 17.6 Å². The van der Waals surface area contributed by atoms with E-state index in [-0.39, 0.29) is 23.5 Å². The molecule has 0 bridgehead atoms. The predicted molar refractivity (Wildman–Crippen MR) is 68.4 cm³/mol. The molecule has 1 aliphatic carbocycles. The fourth-order valence-corrected chi connectivity index (χ4v) is 2.65. The van der Waals surface area contributed by atoms with E-state index in [9.17, 15) is 13.2 Å². The van der Waals surface area contributed by atoms with Crippen LogP contribution in [-0.4, -0.2) is 23.7 Å². The first-order chi connectivity index (χ1) is 9.99. The van der Waals surface area contributed by atoms with Crippen molar-refractivity contribution in [1.82, 2.24) is 4.98 Å². The van der Waals surface area contributed by atoms with Gasteiger partial charge < -0.3 is 10.1 Å². The Morgan fingerprint density at radius 2 is 2.05 bits per heavy atom. The number of rotatable bonds is 3. The number of ether oxygens (including phenoxy) is 1. The van der Waals surface area contributed by atoms with Gasteiger partial charge in [-0.15, -0.1) is 0 Å². The normalized spacial score (nSPS) is 25.6. The van der Waals surface area contributed by atoms with Gasteiger partial charge in [0.05, 0.1) is 17.7 Å². The summed E-state index contributed by atoms with van der Waals surface area (Å²) in [5, 5.41) is 12.0. The molecule has 0 spiro atoms. The van der Waals surface area contributed by atoms with E-state index < -0.39 is 11.9 Å². The number of alkyl halides is 3. The molecule has 2 heterocycles. The number of pyridine rings is 1. The Hall–Kier alpha value is -1.81. The molecule has 0 radical (unpaired) electrons. The van der Waals surface area contributed by atoms with Gasteiger partial charge in [-0.05, 0) is 37.3 Å². The van der Waals surface area contributed by atoms with Crippen LogP contribution in [0.2, 0.25) is 0 Å². The number of hydrogen-bond acceptors (Lipinski definition) is 4. The molecule has 1 saturated carbocycles. The summed E-state index contributed by atoms with van der Waals surface area (Å²) in [4.78, 5) is 3.58. The Bertz CT molecular complexity index is 578. The minimum Gasteiger partial charge on any atom is -0.376 e. The van der Waals surface area contributed by atoms with Gasteiger partial charge in [-0.3, -0.25) is 0 Å². The maximum Gasteiger partial charge on any atom is 0.433 e. The molecular weight excluding hydrogens is 283 g/mol. The van der Waals surface area contributed by atoms with Gasteiger partial charge >= 0.3 is 6.18 Å². The van der Waals surface area contributed by atoms with Crippen LogP contribution in [-0.2, 0) is 10.9 Å². The second kappa shape index (κ2) is 5.19. The van der Waals surface area contributed by atoms with E-state index in [1.807, 2.05) is 6.07 Å². The molecule has 1 saturated heterocycles. The largest absolute Gasteiger partial charge is 0.433 e. The van der Waals surface area contributed by atoms with Crippen LogP contribution in [0, 0.1) is 17.2 Å². The molecular formula is C14H14F3N3O. The molecule has 0 amide bonds. The second-order valence-corrected chi connectivity index (χ2v) is 5.41. The minimum atomic E-state index is -4.52. The monoisotopic (exact) mass is 297 g/mol. The van der Waals surface area contributed by atoms with Crippen molar-refractivity contribution in [3.63, 3.8) is 0 Å². The van der Waals surface area contributed by atoms with E-state index in [0.717, 1.165) is 25.0 Å². The molecule has 2 atom stereocenters. The third-order valence-electron chi connectivity index (χ3n) is 3.85. The van der Waals surface area contributed by atoms with Crippen LogP contribution in [0.5, 0.6) is 0 Å². The first kappa shape index (κ1) is 14.1. The van der Waals surface area contributed by atoms with Crippen molar-refractivity contribution in [1.29, 1.82) is 5.26 Å². The zero-order chi connectivity index (χ0) is 15.0. The molecule has 112 valence electrons. The van der Waals surface area contributed by atoms with Gasteiger partial charge in [0.15, 0.2) is 0 Å². The number of halogens is 3. The molecule has 21 heavy (non-hydrogen) atoms. The number of hydrogen-bond donors (Lipinski definition) is 1. The number of nitriles is 1. The summed E-state index contributed by atoms with van der Waals surface area (Å²) in [6.45, 7) is 0.583. The summed E-state index contributed by atoms with van der Waals surface area (Å²) in [5.41, 5.74) is -0.879. The number of anilines is 1. The fourth-order valence-electron chi connectivity index (χ4n) is 2.65. The lowest BCUT2D eigenvalue weighted by atomic mass is 10.1. The lowest BCUT2D eigenvalue weighted by Crippen LogP contribution is -2.32. The number of nitrogens with zero attached hydrogens (tertiary/aromatic N) is 2. The fraction of sp³-hybridized carbons (Fsp3) is 0.571. The van der Waals surface area contributed by atoms with E-state index in [2.05, 4.69) is 10.3 Å². The topological polar surface area (TPSA) is 57.9 Å². The van der Waals surface area contributed by atoms with Crippen molar-refractivity contribution >= 4 is 5.82 Å². The van der Waals surface area contributed by atoms with Crippen LogP contribution in [0.25, 0.3) is 0 Å². The predicted octanol–water partition coefficient (Wildman–Crippen LogP) is 2.95. The molecule has 1 N–H and O–H groups in total. The van der Waals surface area contributed by atoms with E-state index in [1.54, 1.807) is 0 Å². The lowest BCUT2D eigenvalue weighted by Gasteiger charge is -2.21. The van der Waals surface area contributed by atoms with E-state index >= 15 is 0 Å². The van der Waals surface area contributed by atoms with Gasteiger partial charge in [0.2, 0.25) is 0 Å².